The lowest BCUT2D eigenvalue weighted by Crippen LogP contribution is -2.08. The third-order valence-electron chi connectivity index (χ3n) is 3.19. The molecule has 1 atom stereocenters. The summed E-state index contributed by atoms with van der Waals surface area (Å²) >= 11 is 3.21. The summed E-state index contributed by atoms with van der Waals surface area (Å²) in [5.74, 6) is 1.57. The summed E-state index contributed by atoms with van der Waals surface area (Å²) < 4.78 is 19.4. The minimum atomic E-state index is -0.244. The average molecular weight is 326 g/mol. The van der Waals surface area contributed by atoms with Crippen molar-refractivity contribution in [1.82, 2.24) is 0 Å². The quantitative estimate of drug-likeness (QED) is 0.830. The van der Waals surface area contributed by atoms with E-state index in [1.54, 1.807) is 6.07 Å². The van der Waals surface area contributed by atoms with E-state index in [9.17, 15) is 4.39 Å². The predicted molar refractivity (Wildman–Crippen MR) is 79.1 cm³/mol. The lowest BCUT2D eigenvalue weighted by Gasteiger charge is -2.17. The van der Waals surface area contributed by atoms with Gasteiger partial charge in [0.2, 0.25) is 0 Å². The first kappa shape index (κ1) is 14.1. The van der Waals surface area contributed by atoms with E-state index in [0.29, 0.717) is 4.47 Å². The molecule has 1 heterocycles. The Labute approximate surface area is 121 Å². The van der Waals surface area contributed by atoms with Gasteiger partial charge in [0.15, 0.2) is 0 Å². The van der Waals surface area contributed by atoms with E-state index in [4.69, 9.17) is 4.42 Å². The molecule has 102 valence electrons. The monoisotopic (exact) mass is 325 g/mol. The standard InChI is InChI=1S/C15H17BrFNO/c1-8-5-14(17)13(16)7-15(8)18-10(3)12-6-9(2)19-11(12)4/h5-7,10,18H,1-4H3. The Balaban J connectivity index is 2.26. The fraction of sp³-hybridized carbons (Fsp3) is 0.333. The van der Waals surface area contributed by atoms with Crippen molar-refractivity contribution in [1.29, 1.82) is 0 Å². The molecule has 0 bridgehead atoms. The van der Waals surface area contributed by atoms with Crippen LogP contribution in [0.1, 0.15) is 35.6 Å². The van der Waals surface area contributed by atoms with E-state index < -0.39 is 0 Å². The molecule has 0 saturated carbocycles. The molecule has 0 aliphatic rings. The highest BCUT2D eigenvalue weighted by atomic mass is 79.9. The van der Waals surface area contributed by atoms with Crippen LogP contribution in [0.3, 0.4) is 0 Å². The normalized spacial score (nSPS) is 12.5. The molecule has 0 spiro atoms. The van der Waals surface area contributed by atoms with Crippen LogP contribution in [0.2, 0.25) is 0 Å². The topological polar surface area (TPSA) is 25.2 Å². The molecule has 1 N–H and O–H groups in total. The lowest BCUT2D eigenvalue weighted by atomic mass is 10.1. The Morgan fingerprint density at radius 1 is 1.21 bits per heavy atom. The zero-order chi connectivity index (χ0) is 14.2. The molecule has 2 nitrogen and oxygen atoms in total. The molecule has 0 aliphatic carbocycles. The molecule has 0 radical (unpaired) electrons. The zero-order valence-corrected chi connectivity index (χ0v) is 13.1. The largest absolute Gasteiger partial charge is 0.466 e. The van der Waals surface area contributed by atoms with Crippen LogP contribution < -0.4 is 5.32 Å². The summed E-state index contributed by atoms with van der Waals surface area (Å²) in [4.78, 5) is 0. The highest BCUT2D eigenvalue weighted by Crippen LogP contribution is 2.29. The fourth-order valence-electron chi connectivity index (χ4n) is 2.19. The van der Waals surface area contributed by atoms with Gasteiger partial charge >= 0.3 is 0 Å². The second-order valence-electron chi connectivity index (χ2n) is 4.82. The summed E-state index contributed by atoms with van der Waals surface area (Å²) in [5, 5.41) is 3.39. The molecule has 4 heteroatoms. The van der Waals surface area contributed by atoms with Gasteiger partial charge in [0.1, 0.15) is 17.3 Å². The highest BCUT2D eigenvalue weighted by molar-refractivity contribution is 9.10. The van der Waals surface area contributed by atoms with Gasteiger partial charge in [-0.15, -0.1) is 0 Å². The van der Waals surface area contributed by atoms with Crippen LogP contribution in [0, 0.1) is 26.6 Å². The summed E-state index contributed by atoms with van der Waals surface area (Å²) in [6, 6.07) is 5.42. The van der Waals surface area contributed by atoms with Crippen LogP contribution >= 0.6 is 15.9 Å². The second kappa shape index (κ2) is 5.37. The van der Waals surface area contributed by atoms with E-state index >= 15 is 0 Å². The highest BCUT2D eigenvalue weighted by Gasteiger charge is 2.14. The molecular weight excluding hydrogens is 309 g/mol. The van der Waals surface area contributed by atoms with Gasteiger partial charge in [0, 0.05) is 11.3 Å². The second-order valence-corrected chi connectivity index (χ2v) is 5.67. The van der Waals surface area contributed by atoms with Crippen molar-refractivity contribution in [3.05, 3.63) is 51.1 Å². The number of halogens is 2. The van der Waals surface area contributed by atoms with Crippen LogP contribution in [0.4, 0.5) is 10.1 Å². The van der Waals surface area contributed by atoms with Gasteiger partial charge in [-0.2, -0.15) is 0 Å². The smallest absolute Gasteiger partial charge is 0.137 e. The van der Waals surface area contributed by atoms with Crippen molar-refractivity contribution in [2.45, 2.75) is 33.7 Å². The van der Waals surface area contributed by atoms with Crippen molar-refractivity contribution in [2.75, 3.05) is 5.32 Å². The van der Waals surface area contributed by atoms with Crippen molar-refractivity contribution in [2.24, 2.45) is 0 Å². The molecule has 0 aliphatic heterocycles. The lowest BCUT2D eigenvalue weighted by molar-refractivity contribution is 0.500. The van der Waals surface area contributed by atoms with Gasteiger partial charge in [-0.1, -0.05) is 0 Å². The van der Waals surface area contributed by atoms with Crippen molar-refractivity contribution >= 4 is 21.6 Å². The number of rotatable bonds is 3. The predicted octanol–water partition coefficient (Wildman–Crippen LogP) is 5.28. The van der Waals surface area contributed by atoms with E-state index in [2.05, 4.69) is 28.2 Å². The van der Waals surface area contributed by atoms with Crippen LogP contribution in [0.25, 0.3) is 0 Å². The molecule has 0 fully saturated rings. The summed E-state index contributed by atoms with van der Waals surface area (Å²) in [7, 11) is 0. The molecular formula is C15H17BrFNO. The molecule has 2 rings (SSSR count). The summed E-state index contributed by atoms with van der Waals surface area (Å²) in [6.45, 7) is 7.84. The molecule has 1 aromatic carbocycles. The molecule has 0 saturated heterocycles. The van der Waals surface area contributed by atoms with Crippen LogP contribution in [0.5, 0.6) is 0 Å². The number of furan rings is 1. The van der Waals surface area contributed by atoms with Crippen LogP contribution in [-0.4, -0.2) is 0 Å². The third kappa shape index (κ3) is 3.00. The number of anilines is 1. The van der Waals surface area contributed by atoms with E-state index in [-0.39, 0.29) is 11.9 Å². The SMILES string of the molecule is Cc1cc(C(C)Nc2cc(Br)c(F)cc2C)c(C)o1. The molecule has 1 unspecified atom stereocenters. The Bertz CT molecular complexity index is 606. The van der Waals surface area contributed by atoms with Crippen molar-refractivity contribution in [3.8, 4) is 0 Å². The van der Waals surface area contributed by atoms with Crippen LogP contribution in [0.15, 0.2) is 27.1 Å². The van der Waals surface area contributed by atoms with Gasteiger partial charge in [0.05, 0.1) is 10.5 Å². The Morgan fingerprint density at radius 3 is 2.47 bits per heavy atom. The summed E-state index contributed by atoms with van der Waals surface area (Å²) in [6.07, 6.45) is 0. The number of nitrogens with one attached hydrogen (secondary N) is 1. The maximum absolute atomic E-state index is 13.4. The van der Waals surface area contributed by atoms with Gasteiger partial charge in [-0.25, -0.2) is 4.39 Å². The van der Waals surface area contributed by atoms with Gasteiger partial charge < -0.3 is 9.73 Å². The minimum Gasteiger partial charge on any atom is -0.466 e. The first-order valence-corrected chi connectivity index (χ1v) is 6.97. The Kier molecular flexibility index (Phi) is 3.99. The average Bonchev–Trinajstić information content (AvgIpc) is 2.65. The van der Waals surface area contributed by atoms with E-state index in [1.165, 1.54) is 6.07 Å². The van der Waals surface area contributed by atoms with Gasteiger partial charge in [0.25, 0.3) is 0 Å². The Hall–Kier alpha value is -1.29. The third-order valence-corrected chi connectivity index (χ3v) is 3.79. The molecule has 2 aromatic rings. The first-order chi connectivity index (χ1) is 8.88. The van der Waals surface area contributed by atoms with E-state index in [1.807, 2.05) is 26.8 Å². The molecule has 1 aromatic heterocycles. The zero-order valence-electron chi connectivity index (χ0n) is 11.5. The number of aryl methyl sites for hydroxylation is 3. The minimum absolute atomic E-state index is 0.105. The maximum Gasteiger partial charge on any atom is 0.137 e. The van der Waals surface area contributed by atoms with Crippen molar-refractivity contribution in [3.63, 3.8) is 0 Å². The number of benzene rings is 1. The number of hydrogen-bond acceptors (Lipinski definition) is 2. The fourth-order valence-corrected chi connectivity index (χ4v) is 2.54. The maximum atomic E-state index is 13.4. The van der Waals surface area contributed by atoms with Crippen molar-refractivity contribution < 1.29 is 8.81 Å². The molecule has 19 heavy (non-hydrogen) atoms. The van der Waals surface area contributed by atoms with Gasteiger partial charge in [-0.3, -0.25) is 0 Å². The first-order valence-electron chi connectivity index (χ1n) is 6.17. The van der Waals surface area contributed by atoms with Crippen LogP contribution in [-0.2, 0) is 0 Å². The summed E-state index contributed by atoms with van der Waals surface area (Å²) in [5.41, 5.74) is 2.92. The number of hydrogen-bond donors (Lipinski definition) is 1. The van der Waals surface area contributed by atoms with Gasteiger partial charge in [-0.05, 0) is 67.4 Å². The van der Waals surface area contributed by atoms with E-state index in [0.717, 1.165) is 28.3 Å². The Morgan fingerprint density at radius 2 is 1.89 bits per heavy atom. The molecule has 0 amide bonds.